The summed E-state index contributed by atoms with van der Waals surface area (Å²) in [5.41, 5.74) is -0.722. The van der Waals surface area contributed by atoms with Crippen LogP contribution in [0.3, 0.4) is 0 Å². The molecule has 0 bridgehead atoms. The number of methoxy groups -OCH3 is 1. The summed E-state index contributed by atoms with van der Waals surface area (Å²) >= 11 is 0. The van der Waals surface area contributed by atoms with Crippen molar-refractivity contribution in [2.75, 3.05) is 13.7 Å². The van der Waals surface area contributed by atoms with Gasteiger partial charge in [0, 0.05) is 18.4 Å². The third-order valence-corrected chi connectivity index (χ3v) is 4.10. The number of Topliss-reactive ketones (excluding diaryl/α,β-unsaturated/α-hetero) is 2. The summed E-state index contributed by atoms with van der Waals surface area (Å²) in [6, 6.07) is 0. The molecular weight excluding hydrogens is 228 g/mol. The molecule has 0 unspecified atom stereocenters. The maximum absolute atomic E-state index is 12.6. The van der Waals surface area contributed by atoms with Crippen molar-refractivity contribution in [3.63, 3.8) is 0 Å². The van der Waals surface area contributed by atoms with Gasteiger partial charge in [-0.3, -0.25) is 9.59 Å². The van der Waals surface area contributed by atoms with Crippen LogP contribution in [0, 0.1) is 16.7 Å². The monoisotopic (exact) mass is 254 g/mol. The van der Waals surface area contributed by atoms with Crippen LogP contribution in [0.1, 0.15) is 53.4 Å². The molecule has 0 aromatic carbocycles. The minimum absolute atomic E-state index is 0.141. The highest BCUT2D eigenvalue weighted by atomic mass is 16.5. The van der Waals surface area contributed by atoms with E-state index in [1.807, 2.05) is 20.8 Å². The first kappa shape index (κ1) is 15.4. The SMILES string of the molecule is COCC1(C(=O)C(C)(C)C)CCC(C(C)=O)CC1. The summed E-state index contributed by atoms with van der Waals surface area (Å²) in [6.45, 7) is 8.02. The van der Waals surface area contributed by atoms with Gasteiger partial charge < -0.3 is 4.74 Å². The van der Waals surface area contributed by atoms with E-state index in [9.17, 15) is 9.59 Å². The Bertz CT molecular complexity index is 317. The Morgan fingerprint density at radius 2 is 1.72 bits per heavy atom. The van der Waals surface area contributed by atoms with E-state index in [4.69, 9.17) is 4.74 Å². The van der Waals surface area contributed by atoms with Crippen LogP contribution in [0.2, 0.25) is 0 Å². The minimum atomic E-state index is -0.376. The van der Waals surface area contributed by atoms with Gasteiger partial charge in [-0.15, -0.1) is 0 Å². The molecular formula is C15H26O3. The van der Waals surface area contributed by atoms with Gasteiger partial charge in [-0.05, 0) is 32.6 Å². The Kier molecular flexibility index (Phi) is 4.71. The quantitative estimate of drug-likeness (QED) is 0.774. The number of carbonyl (C=O) groups excluding carboxylic acids is 2. The van der Waals surface area contributed by atoms with Crippen LogP contribution in [0.25, 0.3) is 0 Å². The molecule has 3 nitrogen and oxygen atoms in total. The molecule has 18 heavy (non-hydrogen) atoms. The van der Waals surface area contributed by atoms with Crippen LogP contribution in [-0.4, -0.2) is 25.3 Å². The number of ether oxygens (including phenoxy) is 1. The van der Waals surface area contributed by atoms with E-state index in [1.54, 1.807) is 14.0 Å². The van der Waals surface area contributed by atoms with Gasteiger partial charge in [-0.1, -0.05) is 20.8 Å². The molecule has 0 heterocycles. The second kappa shape index (κ2) is 5.52. The Morgan fingerprint density at radius 1 is 1.22 bits per heavy atom. The van der Waals surface area contributed by atoms with Crippen molar-refractivity contribution in [3.05, 3.63) is 0 Å². The van der Waals surface area contributed by atoms with Crippen molar-refractivity contribution in [3.8, 4) is 0 Å². The van der Waals surface area contributed by atoms with Crippen molar-refractivity contribution in [1.82, 2.24) is 0 Å². The molecule has 1 fully saturated rings. The first-order valence-corrected chi connectivity index (χ1v) is 6.77. The summed E-state index contributed by atoms with van der Waals surface area (Å²) in [7, 11) is 1.65. The number of rotatable bonds is 4. The van der Waals surface area contributed by atoms with E-state index in [0.29, 0.717) is 6.61 Å². The highest BCUT2D eigenvalue weighted by Gasteiger charge is 2.46. The lowest BCUT2D eigenvalue weighted by molar-refractivity contribution is -0.144. The van der Waals surface area contributed by atoms with Crippen LogP contribution in [0.4, 0.5) is 0 Å². The van der Waals surface area contributed by atoms with Crippen molar-refractivity contribution in [1.29, 1.82) is 0 Å². The number of hydrogen-bond acceptors (Lipinski definition) is 3. The maximum Gasteiger partial charge on any atom is 0.146 e. The average Bonchev–Trinajstić information content (AvgIpc) is 2.27. The zero-order chi connectivity index (χ0) is 14.0. The van der Waals surface area contributed by atoms with Gasteiger partial charge in [0.05, 0.1) is 12.0 Å². The molecule has 1 aliphatic carbocycles. The molecule has 3 heteroatoms. The Morgan fingerprint density at radius 3 is 2.06 bits per heavy atom. The molecule has 104 valence electrons. The van der Waals surface area contributed by atoms with E-state index in [0.717, 1.165) is 25.7 Å². The van der Waals surface area contributed by atoms with E-state index in [1.165, 1.54) is 0 Å². The zero-order valence-corrected chi connectivity index (χ0v) is 12.3. The average molecular weight is 254 g/mol. The second-order valence-electron chi connectivity index (χ2n) is 6.68. The topological polar surface area (TPSA) is 43.4 Å². The van der Waals surface area contributed by atoms with E-state index in [2.05, 4.69) is 0 Å². The Labute approximate surface area is 110 Å². The van der Waals surface area contributed by atoms with Crippen molar-refractivity contribution < 1.29 is 14.3 Å². The van der Waals surface area contributed by atoms with Gasteiger partial charge in [-0.2, -0.15) is 0 Å². The smallest absolute Gasteiger partial charge is 0.146 e. The molecule has 0 N–H and O–H groups in total. The molecule has 1 saturated carbocycles. The van der Waals surface area contributed by atoms with E-state index in [-0.39, 0.29) is 28.3 Å². The molecule has 0 saturated heterocycles. The van der Waals surface area contributed by atoms with Gasteiger partial charge in [0.15, 0.2) is 0 Å². The molecule has 0 aromatic rings. The predicted molar refractivity (Wildman–Crippen MR) is 71.4 cm³/mol. The standard InChI is InChI=1S/C15H26O3/c1-11(16)12-6-8-15(9-7-12,10-18-5)13(17)14(2,3)4/h12H,6-10H2,1-5H3. The van der Waals surface area contributed by atoms with Crippen LogP contribution in [-0.2, 0) is 14.3 Å². The Balaban J connectivity index is 2.85. The van der Waals surface area contributed by atoms with Crippen LogP contribution in [0.15, 0.2) is 0 Å². The van der Waals surface area contributed by atoms with Crippen LogP contribution < -0.4 is 0 Å². The number of hydrogen-bond donors (Lipinski definition) is 0. The first-order chi connectivity index (χ1) is 8.23. The molecule has 1 rings (SSSR count). The van der Waals surface area contributed by atoms with Crippen LogP contribution >= 0.6 is 0 Å². The summed E-state index contributed by atoms with van der Waals surface area (Å²) in [5, 5.41) is 0. The molecule has 0 amide bonds. The predicted octanol–water partition coefficient (Wildman–Crippen LogP) is 3.01. The highest BCUT2D eigenvalue weighted by molar-refractivity contribution is 5.90. The van der Waals surface area contributed by atoms with Gasteiger partial charge in [0.1, 0.15) is 11.6 Å². The number of carbonyl (C=O) groups is 2. The molecule has 0 atom stereocenters. The Hall–Kier alpha value is -0.700. The third kappa shape index (κ3) is 3.19. The summed E-state index contributed by atoms with van der Waals surface area (Å²) in [4.78, 5) is 24.1. The fraction of sp³-hybridized carbons (Fsp3) is 0.867. The largest absolute Gasteiger partial charge is 0.384 e. The lowest BCUT2D eigenvalue weighted by atomic mass is 9.63. The fourth-order valence-electron chi connectivity index (χ4n) is 3.09. The maximum atomic E-state index is 12.6. The number of ketones is 2. The van der Waals surface area contributed by atoms with Gasteiger partial charge in [-0.25, -0.2) is 0 Å². The molecule has 0 spiro atoms. The minimum Gasteiger partial charge on any atom is -0.384 e. The highest BCUT2D eigenvalue weighted by Crippen LogP contribution is 2.44. The fourth-order valence-corrected chi connectivity index (χ4v) is 3.09. The second-order valence-corrected chi connectivity index (χ2v) is 6.68. The molecule has 0 radical (unpaired) electrons. The van der Waals surface area contributed by atoms with Crippen molar-refractivity contribution >= 4 is 11.6 Å². The summed E-state index contributed by atoms with van der Waals surface area (Å²) in [5.74, 6) is 0.672. The van der Waals surface area contributed by atoms with Crippen LogP contribution in [0.5, 0.6) is 0 Å². The zero-order valence-electron chi connectivity index (χ0n) is 12.3. The first-order valence-electron chi connectivity index (χ1n) is 6.77. The van der Waals surface area contributed by atoms with Gasteiger partial charge >= 0.3 is 0 Å². The summed E-state index contributed by atoms with van der Waals surface area (Å²) < 4.78 is 5.29. The third-order valence-electron chi connectivity index (χ3n) is 4.10. The lowest BCUT2D eigenvalue weighted by Crippen LogP contribution is -2.45. The van der Waals surface area contributed by atoms with E-state index >= 15 is 0 Å². The molecule has 0 aromatic heterocycles. The molecule has 0 aliphatic heterocycles. The van der Waals surface area contributed by atoms with Gasteiger partial charge in [0.2, 0.25) is 0 Å². The van der Waals surface area contributed by atoms with Crippen molar-refractivity contribution in [2.24, 2.45) is 16.7 Å². The normalized spacial score (nSPS) is 29.1. The van der Waals surface area contributed by atoms with E-state index < -0.39 is 0 Å². The van der Waals surface area contributed by atoms with Crippen molar-refractivity contribution in [2.45, 2.75) is 53.4 Å². The lowest BCUT2D eigenvalue weighted by Gasteiger charge is -2.41. The summed E-state index contributed by atoms with van der Waals surface area (Å²) in [6.07, 6.45) is 3.20. The molecule has 1 aliphatic rings. The van der Waals surface area contributed by atoms with Gasteiger partial charge in [0.25, 0.3) is 0 Å².